The number of carbonyl (C=O) groups excluding carboxylic acids is 2. The maximum absolute atomic E-state index is 13.4. The number of rotatable bonds is 5. The zero-order valence-corrected chi connectivity index (χ0v) is 18.6. The quantitative estimate of drug-likeness (QED) is 0.422. The number of amides is 2. The SMILES string of the molecule is Cc1ccc(C[C@@H]2S/C(=C(/C#N)C(=O)Nc3ccc(F)cc3)N(c3ccccc3)C2=O)cc1. The van der Waals surface area contributed by atoms with E-state index in [-0.39, 0.29) is 16.5 Å². The Hall–Kier alpha value is -3.89. The molecule has 1 atom stereocenters. The summed E-state index contributed by atoms with van der Waals surface area (Å²) in [4.78, 5) is 27.8. The van der Waals surface area contributed by atoms with Crippen LogP contribution in [0.2, 0.25) is 0 Å². The van der Waals surface area contributed by atoms with Gasteiger partial charge >= 0.3 is 0 Å². The molecule has 0 aromatic heterocycles. The van der Waals surface area contributed by atoms with Gasteiger partial charge in [0.05, 0.1) is 5.25 Å². The van der Waals surface area contributed by atoms with Crippen molar-refractivity contribution in [1.82, 2.24) is 0 Å². The zero-order chi connectivity index (χ0) is 23.4. The number of nitriles is 1. The van der Waals surface area contributed by atoms with Crippen molar-refractivity contribution in [1.29, 1.82) is 5.26 Å². The van der Waals surface area contributed by atoms with Gasteiger partial charge < -0.3 is 5.32 Å². The predicted molar refractivity (Wildman–Crippen MR) is 128 cm³/mol. The van der Waals surface area contributed by atoms with Gasteiger partial charge in [-0.1, -0.05) is 59.8 Å². The Morgan fingerprint density at radius 1 is 1.06 bits per heavy atom. The molecule has 0 bridgehead atoms. The number of hydrogen-bond donors (Lipinski definition) is 1. The van der Waals surface area contributed by atoms with Crippen LogP contribution >= 0.6 is 11.8 Å². The smallest absolute Gasteiger partial charge is 0.269 e. The van der Waals surface area contributed by atoms with Crippen LogP contribution in [0.4, 0.5) is 15.8 Å². The van der Waals surface area contributed by atoms with Crippen LogP contribution in [0.25, 0.3) is 0 Å². The van der Waals surface area contributed by atoms with E-state index >= 15 is 0 Å². The number of carbonyl (C=O) groups is 2. The van der Waals surface area contributed by atoms with Crippen molar-refractivity contribution in [3.8, 4) is 6.07 Å². The Bertz CT molecular complexity index is 1250. The first-order chi connectivity index (χ1) is 16.0. The van der Waals surface area contributed by atoms with E-state index in [2.05, 4.69) is 5.32 Å². The van der Waals surface area contributed by atoms with Gasteiger partial charge in [-0.2, -0.15) is 5.26 Å². The fourth-order valence-electron chi connectivity index (χ4n) is 3.46. The lowest BCUT2D eigenvalue weighted by Gasteiger charge is -2.18. The van der Waals surface area contributed by atoms with Gasteiger partial charge in [0.2, 0.25) is 5.91 Å². The first-order valence-electron chi connectivity index (χ1n) is 10.3. The fraction of sp³-hybridized carbons (Fsp3) is 0.115. The standard InChI is InChI=1S/C26H20FN3O2S/c1-17-7-9-18(10-8-17)15-23-25(32)30(21-5-3-2-4-6-21)26(33-23)22(16-28)24(31)29-20-13-11-19(27)12-14-20/h2-14,23H,15H2,1H3,(H,29,31)/b26-22-/t23-/m0/s1. The van der Waals surface area contributed by atoms with E-state index < -0.39 is 17.0 Å². The predicted octanol–water partition coefficient (Wildman–Crippen LogP) is 5.20. The summed E-state index contributed by atoms with van der Waals surface area (Å²) in [6.45, 7) is 2.00. The molecule has 0 radical (unpaired) electrons. The van der Waals surface area contributed by atoms with Crippen molar-refractivity contribution in [2.24, 2.45) is 0 Å². The summed E-state index contributed by atoms with van der Waals surface area (Å²) in [6.07, 6.45) is 0.467. The van der Waals surface area contributed by atoms with Crippen LogP contribution in [0, 0.1) is 24.1 Å². The van der Waals surface area contributed by atoms with Crippen molar-refractivity contribution in [2.75, 3.05) is 10.2 Å². The van der Waals surface area contributed by atoms with E-state index in [9.17, 15) is 19.2 Å². The molecule has 1 saturated heterocycles. The van der Waals surface area contributed by atoms with Crippen LogP contribution in [-0.4, -0.2) is 17.1 Å². The second kappa shape index (κ2) is 9.72. The third kappa shape index (κ3) is 4.97. The van der Waals surface area contributed by atoms with Crippen LogP contribution < -0.4 is 10.2 Å². The molecule has 3 aromatic carbocycles. The molecule has 1 aliphatic rings. The van der Waals surface area contributed by atoms with E-state index in [1.54, 1.807) is 24.3 Å². The summed E-state index contributed by atoms with van der Waals surface area (Å²) in [7, 11) is 0. The highest BCUT2D eigenvalue weighted by molar-refractivity contribution is 8.05. The van der Waals surface area contributed by atoms with Crippen LogP contribution in [-0.2, 0) is 16.0 Å². The van der Waals surface area contributed by atoms with Gasteiger partial charge in [0, 0.05) is 11.4 Å². The van der Waals surface area contributed by atoms with Crippen LogP contribution in [0.3, 0.4) is 0 Å². The minimum Gasteiger partial charge on any atom is -0.321 e. The molecule has 33 heavy (non-hydrogen) atoms. The van der Waals surface area contributed by atoms with Crippen molar-refractivity contribution in [3.05, 3.63) is 106 Å². The summed E-state index contributed by atoms with van der Waals surface area (Å²) in [5.41, 5.74) is 2.88. The summed E-state index contributed by atoms with van der Waals surface area (Å²) in [5.74, 6) is -1.28. The molecule has 3 aromatic rings. The minimum absolute atomic E-state index is 0.173. The number of halogens is 1. The molecule has 1 N–H and O–H groups in total. The molecule has 0 aliphatic carbocycles. The van der Waals surface area contributed by atoms with Crippen molar-refractivity contribution >= 4 is 35.0 Å². The van der Waals surface area contributed by atoms with Gasteiger partial charge in [0.25, 0.3) is 5.91 Å². The van der Waals surface area contributed by atoms with Gasteiger partial charge in [-0.05, 0) is 55.3 Å². The lowest BCUT2D eigenvalue weighted by atomic mass is 10.1. The first-order valence-corrected chi connectivity index (χ1v) is 11.2. The third-order valence-corrected chi connectivity index (χ3v) is 6.43. The van der Waals surface area contributed by atoms with E-state index in [1.807, 2.05) is 43.3 Å². The molecule has 2 amide bonds. The molecule has 1 heterocycles. The number of aryl methyl sites for hydroxylation is 1. The van der Waals surface area contributed by atoms with Gasteiger partial charge in [0.1, 0.15) is 22.5 Å². The van der Waals surface area contributed by atoms with E-state index in [1.165, 1.54) is 40.9 Å². The molecular formula is C26H20FN3O2S. The Kier molecular flexibility index (Phi) is 6.57. The van der Waals surface area contributed by atoms with E-state index in [4.69, 9.17) is 0 Å². The number of hydrogen-bond acceptors (Lipinski definition) is 4. The molecule has 5 nitrogen and oxygen atoms in total. The molecule has 7 heteroatoms. The van der Waals surface area contributed by atoms with Crippen molar-refractivity contribution < 1.29 is 14.0 Å². The van der Waals surface area contributed by atoms with Gasteiger partial charge in [0.15, 0.2) is 0 Å². The fourth-order valence-corrected chi connectivity index (χ4v) is 4.77. The van der Waals surface area contributed by atoms with Crippen LogP contribution in [0.5, 0.6) is 0 Å². The third-order valence-electron chi connectivity index (χ3n) is 5.16. The Labute approximate surface area is 195 Å². The average molecular weight is 458 g/mol. The number of benzene rings is 3. The normalized spacial score (nSPS) is 16.9. The molecule has 0 unspecified atom stereocenters. The second-order valence-electron chi connectivity index (χ2n) is 7.56. The Morgan fingerprint density at radius 2 is 1.73 bits per heavy atom. The molecule has 1 aliphatic heterocycles. The number of anilines is 2. The topological polar surface area (TPSA) is 73.2 Å². The molecule has 164 valence electrons. The average Bonchev–Trinajstić information content (AvgIpc) is 3.13. The molecule has 0 spiro atoms. The van der Waals surface area contributed by atoms with E-state index in [0.717, 1.165) is 11.1 Å². The van der Waals surface area contributed by atoms with Crippen LogP contribution in [0.1, 0.15) is 11.1 Å². The number of thioether (sulfide) groups is 1. The number of nitrogens with zero attached hydrogens (tertiary/aromatic N) is 2. The van der Waals surface area contributed by atoms with Crippen LogP contribution in [0.15, 0.2) is 89.5 Å². The Morgan fingerprint density at radius 3 is 2.36 bits per heavy atom. The molecule has 4 rings (SSSR count). The van der Waals surface area contributed by atoms with E-state index in [0.29, 0.717) is 17.8 Å². The lowest BCUT2D eigenvalue weighted by molar-refractivity contribution is -0.117. The highest BCUT2D eigenvalue weighted by atomic mass is 32.2. The Balaban J connectivity index is 1.70. The lowest BCUT2D eigenvalue weighted by Crippen LogP contribution is -2.30. The summed E-state index contributed by atoms with van der Waals surface area (Å²) >= 11 is 1.21. The highest BCUT2D eigenvalue weighted by Crippen LogP contribution is 2.42. The first kappa shape index (κ1) is 22.3. The summed E-state index contributed by atoms with van der Waals surface area (Å²) in [6, 6.07) is 24.1. The monoisotopic (exact) mass is 457 g/mol. The van der Waals surface area contributed by atoms with Crippen molar-refractivity contribution in [2.45, 2.75) is 18.6 Å². The molecule has 1 fully saturated rings. The number of nitrogens with one attached hydrogen (secondary N) is 1. The second-order valence-corrected chi connectivity index (χ2v) is 8.75. The molecule has 0 saturated carbocycles. The summed E-state index contributed by atoms with van der Waals surface area (Å²) in [5, 5.41) is 12.3. The summed E-state index contributed by atoms with van der Waals surface area (Å²) < 4.78 is 13.2. The zero-order valence-electron chi connectivity index (χ0n) is 17.8. The van der Waals surface area contributed by atoms with Gasteiger partial charge in [-0.15, -0.1) is 0 Å². The largest absolute Gasteiger partial charge is 0.321 e. The highest BCUT2D eigenvalue weighted by Gasteiger charge is 2.40. The minimum atomic E-state index is -0.656. The maximum atomic E-state index is 13.4. The molecular weight excluding hydrogens is 437 g/mol. The maximum Gasteiger partial charge on any atom is 0.269 e. The van der Waals surface area contributed by atoms with Crippen molar-refractivity contribution in [3.63, 3.8) is 0 Å². The van der Waals surface area contributed by atoms with Gasteiger partial charge in [-0.25, -0.2) is 4.39 Å². The number of para-hydroxylation sites is 1. The van der Waals surface area contributed by atoms with Gasteiger partial charge in [-0.3, -0.25) is 14.5 Å².